The summed E-state index contributed by atoms with van der Waals surface area (Å²) in [6.07, 6.45) is 1.98. The number of anilines is 1. The molecule has 0 aliphatic carbocycles. The zero-order valence-electron chi connectivity index (χ0n) is 11.9. The van der Waals surface area contributed by atoms with E-state index in [-0.39, 0.29) is 10.7 Å². The third-order valence-corrected chi connectivity index (χ3v) is 5.14. The van der Waals surface area contributed by atoms with Crippen molar-refractivity contribution in [1.82, 2.24) is 0 Å². The van der Waals surface area contributed by atoms with Crippen LogP contribution in [0, 0.1) is 0 Å². The zero-order chi connectivity index (χ0) is 15.5. The molecule has 0 aliphatic heterocycles. The molecule has 112 valence electrons. The summed E-state index contributed by atoms with van der Waals surface area (Å²) in [4.78, 5) is 12.9. The van der Waals surface area contributed by atoms with Crippen LogP contribution in [-0.2, 0) is 16.3 Å². The van der Waals surface area contributed by atoms with Gasteiger partial charge in [-0.1, -0.05) is 6.07 Å². The molecule has 0 bridgehead atoms. The number of carbonyl (C=O) groups is 1. The maximum absolute atomic E-state index is 11.8. The number of hydrogen-bond donors (Lipinski definition) is 1. The SMILES string of the molecule is CC(=O)c1ccc(S(C)(=O)=O)c(NCCc2cccs2)c1. The first-order chi connectivity index (χ1) is 9.88. The van der Waals surface area contributed by atoms with Crippen LogP contribution in [0.5, 0.6) is 0 Å². The molecule has 1 N–H and O–H groups in total. The van der Waals surface area contributed by atoms with Gasteiger partial charge in [-0.15, -0.1) is 11.3 Å². The van der Waals surface area contributed by atoms with Gasteiger partial charge in [-0.05, 0) is 43.0 Å². The largest absolute Gasteiger partial charge is 0.384 e. The van der Waals surface area contributed by atoms with E-state index in [1.54, 1.807) is 23.5 Å². The third-order valence-electron chi connectivity index (χ3n) is 3.05. The monoisotopic (exact) mass is 323 g/mol. The molecule has 6 heteroatoms. The lowest BCUT2D eigenvalue weighted by molar-refractivity contribution is 0.101. The van der Waals surface area contributed by atoms with Gasteiger partial charge in [0.05, 0.1) is 10.6 Å². The molecule has 0 amide bonds. The summed E-state index contributed by atoms with van der Waals surface area (Å²) in [5.74, 6) is -0.0867. The maximum atomic E-state index is 11.8. The number of hydrogen-bond acceptors (Lipinski definition) is 5. The Morgan fingerprint density at radius 2 is 2.05 bits per heavy atom. The average molecular weight is 323 g/mol. The number of Topliss-reactive ketones (excluding diaryl/α,β-unsaturated/α-hetero) is 1. The first kappa shape index (κ1) is 15.7. The Labute approximate surface area is 128 Å². The highest BCUT2D eigenvalue weighted by Crippen LogP contribution is 2.23. The highest BCUT2D eigenvalue weighted by atomic mass is 32.2. The van der Waals surface area contributed by atoms with Gasteiger partial charge in [-0.3, -0.25) is 4.79 Å². The molecule has 0 fully saturated rings. The maximum Gasteiger partial charge on any atom is 0.177 e. The standard InChI is InChI=1S/C15H17NO3S2/c1-11(17)12-5-6-15(21(2,18)19)14(10-12)16-8-7-13-4-3-9-20-13/h3-6,9-10,16H,7-8H2,1-2H3. The molecule has 1 aromatic heterocycles. The van der Waals surface area contributed by atoms with Crippen LogP contribution in [-0.4, -0.2) is 27.0 Å². The second kappa shape index (κ2) is 6.41. The molecule has 21 heavy (non-hydrogen) atoms. The number of benzene rings is 1. The van der Waals surface area contributed by atoms with Crippen LogP contribution in [0.15, 0.2) is 40.6 Å². The third kappa shape index (κ3) is 4.15. The Kier molecular flexibility index (Phi) is 4.80. The lowest BCUT2D eigenvalue weighted by Gasteiger charge is -2.12. The molecule has 0 aliphatic rings. The van der Waals surface area contributed by atoms with Crippen LogP contribution in [0.25, 0.3) is 0 Å². The van der Waals surface area contributed by atoms with Crippen LogP contribution in [0.4, 0.5) is 5.69 Å². The minimum Gasteiger partial charge on any atom is -0.384 e. The number of ketones is 1. The molecular weight excluding hydrogens is 306 g/mol. The first-order valence-corrected chi connectivity index (χ1v) is 9.26. The van der Waals surface area contributed by atoms with E-state index in [0.717, 1.165) is 6.42 Å². The highest BCUT2D eigenvalue weighted by Gasteiger charge is 2.14. The summed E-state index contributed by atoms with van der Waals surface area (Å²) in [6, 6.07) is 8.66. The van der Waals surface area contributed by atoms with Gasteiger partial charge in [0, 0.05) is 23.2 Å². The minimum atomic E-state index is -3.33. The molecule has 0 atom stereocenters. The summed E-state index contributed by atoms with van der Waals surface area (Å²) < 4.78 is 23.6. The predicted octanol–water partition coefficient (Wildman–Crippen LogP) is 3.01. The van der Waals surface area contributed by atoms with Crippen molar-refractivity contribution in [3.8, 4) is 0 Å². The van der Waals surface area contributed by atoms with Crippen LogP contribution in [0.3, 0.4) is 0 Å². The molecule has 0 saturated carbocycles. The lowest BCUT2D eigenvalue weighted by atomic mass is 10.1. The molecule has 1 aromatic carbocycles. The van der Waals surface area contributed by atoms with Crippen molar-refractivity contribution in [2.75, 3.05) is 18.1 Å². The quantitative estimate of drug-likeness (QED) is 0.830. The van der Waals surface area contributed by atoms with Gasteiger partial charge in [0.1, 0.15) is 0 Å². The summed E-state index contributed by atoms with van der Waals surface area (Å²) in [5, 5.41) is 5.14. The number of rotatable bonds is 6. The van der Waals surface area contributed by atoms with E-state index in [1.165, 1.54) is 24.1 Å². The van der Waals surface area contributed by atoms with Crippen LogP contribution < -0.4 is 5.32 Å². The summed E-state index contributed by atoms with van der Waals surface area (Å²) in [7, 11) is -3.33. The average Bonchev–Trinajstić information content (AvgIpc) is 2.90. The molecule has 1 heterocycles. The topological polar surface area (TPSA) is 63.2 Å². The minimum absolute atomic E-state index is 0.0867. The second-order valence-electron chi connectivity index (χ2n) is 4.80. The van der Waals surface area contributed by atoms with Crippen molar-refractivity contribution >= 4 is 32.6 Å². The van der Waals surface area contributed by atoms with Crippen LogP contribution in [0.2, 0.25) is 0 Å². The Balaban J connectivity index is 2.22. The fourth-order valence-corrected chi connectivity index (χ4v) is 3.54. The number of carbonyl (C=O) groups excluding carboxylic acids is 1. The van der Waals surface area contributed by atoms with E-state index in [0.29, 0.717) is 17.8 Å². The van der Waals surface area contributed by atoms with Gasteiger partial charge >= 0.3 is 0 Å². The van der Waals surface area contributed by atoms with Crippen molar-refractivity contribution < 1.29 is 13.2 Å². The predicted molar refractivity (Wildman–Crippen MR) is 86.1 cm³/mol. The van der Waals surface area contributed by atoms with Gasteiger partial charge in [-0.25, -0.2) is 8.42 Å². The van der Waals surface area contributed by atoms with Crippen molar-refractivity contribution in [2.45, 2.75) is 18.2 Å². The number of nitrogens with one attached hydrogen (secondary N) is 1. The molecule has 0 radical (unpaired) electrons. The van der Waals surface area contributed by atoms with E-state index < -0.39 is 9.84 Å². The van der Waals surface area contributed by atoms with E-state index in [2.05, 4.69) is 5.32 Å². The Morgan fingerprint density at radius 1 is 1.29 bits per heavy atom. The van der Waals surface area contributed by atoms with Crippen molar-refractivity contribution in [3.63, 3.8) is 0 Å². The normalized spacial score (nSPS) is 11.3. The Morgan fingerprint density at radius 3 is 2.62 bits per heavy atom. The smallest absolute Gasteiger partial charge is 0.177 e. The van der Waals surface area contributed by atoms with E-state index >= 15 is 0 Å². The van der Waals surface area contributed by atoms with Gasteiger partial charge in [0.25, 0.3) is 0 Å². The van der Waals surface area contributed by atoms with Crippen LogP contribution >= 0.6 is 11.3 Å². The lowest BCUT2D eigenvalue weighted by Crippen LogP contribution is -2.10. The van der Waals surface area contributed by atoms with Gasteiger partial charge < -0.3 is 5.32 Å². The molecule has 4 nitrogen and oxygen atoms in total. The summed E-state index contributed by atoms with van der Waals surface area (Å²) >= 11 is 1.66. The second-order valence-corrected chi connectivity index (χ2v) is 7.81. The molecule has 2 rings (SSSR count). The van der Waals surface area contributed by atoms with E-state index in [1.807, 2.05) is 17.5 Å². The fraction of sp³-hybridized carbons (Fsp3) is 0.267. The summed E-state index contributed by atoms with van der Waals surface area (Å²) in [6.45, 7) is 2.08. The zero-order valence-corrected chi connectivity index (χ0v) is 13.6. The molecule has 0 unspecified atom stereocenters. The highest BCUT2D eigenvalue weighted by molar-refractivity contribution is 7.90. The Hall–Kier alpha value is -1.66. The number of sulfone groups is 1. The number of thiophene rings is 1. The fourth-order valence-electron chi connectivity index (χ4n) is 1.99. The van der Waals surface area contributed by atoms with Gasteiger partial charge in [0.2, 0.25) is 0 Å². The van der Waals surface area contributed by atoms with E-state index in [9.17, 15) is 13.2 Å². The van der Waals surface area contributed by atoms with Crippen LogP contribution in [0.1, 0.15) is 22.2 Å². The van der Waals surface area contributed by atoms with Crippen molar-refractivity contribution in [1.29, 1.82) is 0 Å². The van der Waals surface area contributed by atoms with Crippen molar-refractivity contribution in [3.05, 3.63) is 46.2 Å². The Bertz CT molecular complexity index is 734. The van der Waals surface area contributed by atoms with E-state index in [4.69, 9.17) is 0 Å². The first-order valence-electron chi connectivity index (χ1n) is 6.49. The molecule has 0 saturated heterocycles. The summed E-state index contributed by atoms with van der Waals surface area (Å²) in [5.41, 5.74) is 0.989. The molecule has 2 aromatic rings. The molecule has 0 spiro atoms. The van der Waals surface area contributed by atoms with Gasteiger partial charge in [-0.2, -0.15) is 0 Å². The van der Waals surface area contributed by atoms with Crippen molar-refractivity contribution in [2.24, 2.45) is 0 Å². The molecular formula is C15H17NO3S2. The van der Waals surface area contributed by atoms with Gasteiger partial charge in [0.15, 0.2) is 15.6 Å².